The van der Waals surface area contributed by atoms with E-state index in [0.29, 0.717) is 5.95 Å². The minimum Gasteiger partial charge on any atom is -0.340 e. The molecule has 0 aliphatic carbocycles. The largest absolute Gasteiger partial charge is 0.340 e. The van der Waals surface area contributed by atoms with Crippen molar-refractivity contribution in [3.63, 3.8) is 0 Å². The zero-order valence-electron chi connectivity index (χ0n) is 9.85. The first-order chi connectivity index (χ1) is 8.83. The molecule has 2 aromatic rings. The highest BCUT2D eigenvalue weighted by molar-refractivity contribution is 7.13. The van der Waals surface area contributed by atoms with Crippen LogP contribution in [0, 0.1) is 0 Å². The van der Waals surface area contributed by atoms with Crippen LogP contribution in [0.3, 0.4) is 0 Å². The summed E-state index contributed by atoms with van der Waals surface area (Å²) in [6.07, 6.45) is 0. The lowest BCUT2D eigenvalue weighted by Crippen LogP contribution is -2.44. The summed E-state index contributed by atoms with van der Waals surface area (Å²) in [7, 11) is 0. The fraction of sp³-hybridized carbons (Fsp3) is 0.333. The quantitative estimate of drug-likeness (QED) is 0.844. The Morgan fingerprint density at radius 3 is 2.89 bits per heavy atom. The molecule has 2 aromatic heterocycles. The first-order valence-corrected chi connectivity index (χ1v) is 6.82. The number of nitrogens with zero attached hydrogens (tertiary/aromatic N) is 2. The Kier molecular flexibility index (Phi) is 3.12. The topological polar surface area (TPSA) is 61.0 Å². The molecule has 0 amide bonds. The third kappa shape index (κ3) is 2.30. The minimum atomic E-state index is -0.0954. The summed E-state index contributed by atoms with van der Waals surface area (Å²) in [6, 6.07) is 5.50. The lowest BCUT2D eigenvalue weighted by Gasteiger charge is -2.27. The van der Waals surface area contributed by atoms with Gasteiger partial charge in [-0.05, 0) is 11.4 Å². The fourth-order valence-corrected chi connectivity index (χ4v) is 2.71. The van der Waals surface area contributed by atoms with Gasteiger partial charge in [0, 0.05) is 32.2 Å². The molecular formula is C12H14N4OS. The zero-order valence-corrected chi connectivity index (χ0v) is 10.7. The molecule has 0 aromatic carbocycles. The Hall–Kier alpha value is -1.66. The SMILES string of the molecule is O=c1cc(-c2cccs2)nc(N2CCNCC2)[nH]1. The van der Waals surface area contributed by atoms with Gasteiger partial charge in [-0.3, -0.25) is 9.78 Å². The van der Waals surface area contributed by atoms with Crippen LogP contribution in [0.2, 0.25) is 0 Å². The van der Waals surface area contributed by atoms with Crippen LogP contribution >= 0.6 is 11.3 Å². The van der Waals surface area contributed by atoms with Crippen molar-refractivity contribution in [3.8, 4) is 10.6 Å². The van der Waals surface area contributed by atoms with E-state index in [0.717, 1.165) is 36.8 Å². The highest BCUT2D eigenvalue weighted by Crippen LogP contribution is 2.22. The van der Waals surface area contributed by atoms with Crippen LogP contribution in [0.1, 0.15) is 0 Å². The van der Waals surface area contributed by atoms with E-state index >= 15 is 0 Å². The number of thiophene rings is 1. The van der Waals surface area contributed by atoms with Crippen molar-refractivity contribution in [2.45, 2.75) is 0 Å². The van der Waals surface area contributed by atoms with E-state index in [1.165, 1.54) is 0 Å². The first-order valence-electron chi connectivity index (χ1n) is 5.94. The molecule has 0 unspecified atom stereocenters. The third-order valence-corrected chi connectivity index (χ3v) is 3.81. The van der Waals surface area contributed by atoms with Crippen molar-refractivity contribution in [1.29, 1.82) is 0 Å². The van der Waals surface area contributed by atoms with Gasteiger partial charge in [-0.15, -0.1) is 11.3 Å². The van der Waals surface area contributed by atoms with E-state index in [2.05, 4.69) is 20.2 Å². The van der Waals surface area contributed by atoms with Gasteiger partial charge in [-0.2, -0.15) is 0 Å². The average molecular weight is 262 g/mol. The van der Waals surface area contributed by atoms with Crippen molar-refractivity contribution in [2.75, 3.05) is 31.1 Å². The predicted molar refractivity (Wildman–Crippen MR) is 73.3 cm³/mol. The van der Waals surface area contributed by atoms with Crippen LogP contribution in [0.5, 0.6) is 0 Å². The number of anilines is 1. The summed E-state index contributed by atoms with van der Waals surface area (Å²) in [5, 5.41) is 5.27. The summed E-state index contributed by atoms with van der Waals surface area (Å²) in [5.41, 5.74) is 0.657. The van der Waals surface area contributed by atoms with E-state index in [1.807, 2.05) is 17.5 Å². The smallest absolute Gasteiger partial charge is 0.252 e. The summed E-state index contributed by atoms with van der Waals surface area (Å²) >= 11 is 1.59. The van der Waals surface area contributed by atoms with Gasteiger partial charge < -0.3 is 10.2 Å². The van der Waals surface area contributed by atoms with Gasteiger partial charge in [0.1, 0.15) is 0 Å². The molecule has 5 nitrogen and oxygen atoms in total. The first kappa shape index (κ1) is 11.4. The summed E-state index contributed by atoms with van der Waals surface area (Å²) in [5.74, 6) is 0.674. The Morgan fingerprint density at radius 2 is 2.17 bits per heavy atom. The van der Waals surface area contributed by atoms with Gasteiger partial charge in [0.25, 0.3) is 5.56 Å². The maximum absolute atomic E-state index is 11.7. The zero-order chi connectivity index (χ0) is 12.4. The molecule has 1 fully saturated rings. The Morgan fingerprint density at radius 1 is 1.33 bits per heavy atom. The number of hydrogen-bond acceptors (Lipinski definition) is 5. The molecule has 0 radical (unpaired) electrons. The van der Waals surface area contributed by atoms with Crippen molar-refractivity contribution in [1.82, 2.24) is 15.3 Å². The second kappa shape index (κ2) is 4.91. The van der Waals surface area contributed by atoms with Crippen molar-refractivity contribution < 1.29 is 0 Å². The van der Waals surface area contributed by atoms with Crippen LogP contribution in [0.4, 0.5) is 5.95 Å². The standard InChI is InChI=1S/C12H14N4OS/c17-11-8-9(10-2-1-7-18-10)14-12(15-11)16-5-3-13-4-6-16/h1-2,7-8,13H,3-6H2,(H,14,15,17). The fourth-order valence-electron chi connectivity index (χ4n) is 2.02. The van der Waals surface area contributed by atoms with E-state index < -0.39 is 0 Å². The van der Waals surface area contributed by atoms with Crippen LogP contribution in [-0.2, 0) is 0 Å². The molecule has 1 aliphatic heterocycles. The van der Waals surface area contributed by atoms with E-state index in [9.17, 15) is 4.79 Å². The van der Waals surface area contributed by atoms with Crippen molar-refractivity contribution >= 4 is 17.3 Å². The molecule has 1 aliphatic rings. The molecule has 6 heteroatoms. The van der Waals surface area contributed by atoms with Gasteiger partial charge in [0.2, 0.25) is 5.95 Å². The molecule has 3 heterocycles. The van der Waals surface area contributed by atoms with Crippen molar-refractivity contribution in [2.24, 2.45) is 0 Å². The van der Waals surface area contributed by atoms with Gasteiger partial charge in [0.05, 0.1) is 10.6 Å². The normalized spacial score (nSPS) is 15.9. The van der Waals surface area contributed by atoms with Crippen LogP contribution in [0.15, 0.2) is 28.4 Å². The second-order valence-corrected chi connectivity index (χ2v) is 5.12. The number of piperazine rings is 1. The number of aromatic amines is 1. The summed E-state index contributed by atoms with van der Waals surface area (Å²) < 4.78 is 0. The summed E-state index contributed by atoms with van der Waals surface area (Å²) in [6.45, 7) is 3.59. The maximum Gasteiger partial charge on any atom is 0.252 e. The molecule has 94 valence electrons. The van der Waals surface area contributed by atoms with Crippen LogP contribution < -0.4 is 15.8 Å². The Labute approximate surface area is 108 Å². The molecule has 0 spiro atoms. The number of hydrogen-bond donors (Lipinski definition) is 2. The number of H-pyrrole nitrogens is 1. The summed E-state index contributed by atoms with van der Waals surface area (Å²) in [4.78, 5) is 22.2. The van der Waals surface area contributed by atoms with Crippen LogP contribution in [-0.4, -0.2) is 36.1 Å². The second-order valence-electron chi connectivity index (χ2n) is 4.17. The maximum atomic E-state index is 11.7. The van der Waals surface area contributed by atoms with Gasteiger partial charge in [0.15, 0.2) is 0 Å². The lowest BCUT2D eigenvalue weighted by molar-refractivity contribution is 0.579. The Bertz CT molecular complexity index is 572. The Balaban J connectivity index is 1.98. The minimum absolute atomic E-state index is 0.0954. The molecule has 1 saturated heterocycles. The number of nitrogens with one attached hydrogen (secondary N) is 2. The van der Waals surface area contributed by atoms with E-state index in [4.69, 9.17) is 0 Å². The molecule has 0 bridgehead atoms. The van der Waals surface area contributed by atoms with Crippen molar-refractivity contribution in [3.05, 3.63) is 33.9 Å². The predicted octanol–water partition coefficient (Wildman–Crippen LogP) is 0.908. The molecule has 18 heavy (non-hydrogen) atoms. The molecule has 2 N–H and O–H groups in total. The van der Waals surface area contributed by atoms with E-state index in [-0.39, 0.29) is 5.56 Å². The van der Waals surface area contributed by atoms with Crippen LogP contribution in [0.25, 0.3) is 10.6 Å². The number of aromatic nitrogens is 2. The average Bonchev–Trinajstić information content (AvgIpc) is 2.93. The van der Waals surface area contributed by atoms with Gasteiger partial charge in [-0.1, -0.05) is 6.07 Å². The monoisotopic (exact) mass is 262 g/mol. The third-order valence-electron chi connectivity index (χ3n) is 2.92. The van der Waals surface area contributed by atoms with Gasteiger partial charge >= 0.3 is 0 Å². The van der Waals surface area contributed by atoms with Gasteiger partial charge in [-0.25, -0.2) is 4.98 Å². The molecule has 0 saturated carbocycles. The number of rotatable bonds is 2. The highest BCUT2D eigenvalue weighted by Gasteiger charge is 2.14. The molecule has 3 rings (SSSR count). The highest BCUT2D eigenvalue weighted by atomic mass is 32.1. The van der Waals surface area contributed by atoms with E-state index in [1.54, 1.807) is 17.4 Å². The molecule has 0 atom stereocenters. The molecular weight excluding hydrogens is 248 g/mol. The lowest BCUT2D eigenvalue weighted by atomic mass is 10.3.